The number of carbonyl (C=O) groups is 1. The van der Waals surface area contributed by atoms with E-state index in [0.29, 0.717) is 12.8 Å². The predicted molar refractivity (Wildman–Crippen MR) is 226 cm³/mol. The van der Waals surface area contributed by atoms with Gasteiger partial charge in [0.25, 0.3) is 0 Å². The van der Waals surface area contributed by atoms with E-state index in [9.17, 15) is 30.3 Å². The van der Waals surface area contributed by atoms with Crippen molar-refractivity contribution >= 4 is 5.91 Å². The molecular formula is C46H89NO8. The lowest BCUT2D eigenvalue weighted by Crippen LogP contribution is -2.60. The Bertz CT molecular complexity index is 873. The molecule has 0 aromatic heterocycles. The minimum Gasteiger partial charge on any atom is -0.394 e. The number of aliphatic hydroxyl groups excluding tert-OH is 5. The molecule has 1 saturated heterocycles. The van der Waals surface area contributed by atoms with Crippen molar-refractivity contribution in [3.63, 3.8) is 0 Å². The van der Waals surface area contributed by atoms with Crippen molar-refractivity contribution in [1.29, 1.82) is 0 Å². The molecule has 0 radical (unpaired) electrons. The predicted octanol–water partition coefficient (Wildman–Crippen LogP) is 9.73. The highest BCUT2D eigenvalue weighted by Crippen LogP contribution is 2.23. The van der Waals surface area contributed by atoms with E-state index < -0.39 is 49.5 Å². The maximum atomic E-state index is 13.0. The number of rotatable bonds is 39. The highest BCUT2D eigenvalue weighted by atomic mass is 16.7. The summed E-state index contributed by atoms with van der Waals surface area (Å²) in [6.07, 6.45) is 35.0. The molecule has 6 N–H and O–H groups in total. The van der Waals surface area contributed by atoms with Gasteiger partial charge in [0.15, 0.2) is 6.29 Å². The fourth-order valence-corrected chi connectivity index (χ4v) is 7.57. The Morgan fingerprint density at radius 1 is 0.600 bits per heavy atom. The number of ether oxygens (including phenoxy) is 2. The summed E-state index contributed by atoms with van der Waals surface area (Å²) in [5.74, 6) is -0.148. The summed E-state index contributed by atoms with van der Waals surface area (Å²) in [5.41, 5.74) is 0. The molecule has 1 amide bonds. The molecule has 0 spiro atoms. The standard InChI is InChI=1S/C46H89NO8/c1-3-5-7-9-11-13-15-17-19-20-22-23-25-27-29-31-33-35-40(49)39(38-54-46-45(53)44(52)43(51)41(37-48)55-46)47-42(50)36-34-32-30-28-26-24-21-18-16-14-12-10-8-6-4-2/h14,16,39-41,43-46,48-49,51-53H,3-13,15,17-38H2,1-2H3,(H,47,50)/b16-14-. The fourth-order valence-electron chi connectivity index (χ4n) is 7.57. The summed E-state index contributed by atoms with van der Waals surface area (Å²) in [4.78, 5) is 13.0. The van der Waals surface area contributed by atoms with Gasteiger partial charge >= 0.3 is 0 Å². The Balaban J connectivity index is 2.32. The zero-order valence-electron chi connectivity index (χ0n) is 35.7. The maximum Gasteiger partial charge on any atom is 0.220 e. The van der Waals surface area contributed by atoms with Crippen LogP contribution in [0.1, 0.15) is 219 Å². The summed E-state index contributed by atoms with van der Waals surface area (Å²) in [6, 6.07) is -0.716. The lowest BCUT2D eigenvalue weighted by Gasteiger charge is -2.40. The molecule has 9 heteroatoms. The Morgan fingerprint density at radius 3 is 1.49 bits per heavy atom. The average Bonchev–Trinajstić information content (AvgIpc) is 3.18. The van der Waals surface area contributed by atoms with Crippen molar-refractivity contribution in [3.05, 3.63) is 12.2 Å². The lowest BCUT2D eigenvalue weighted by molar-refractivity contribution is -0.302. The van der Waals surface area contributed by atoms with Crippen molar-refractivity contribution in [3.8, 4) is 0 Å². The molecule has 1 fully saturated rings. The molecule has 7 unspecified atom stereocenters. The van der Waals surface area contributed by atoms with Gasteiger partial charge in [-0.05, 0) is 38.5 Å². The number of nitrogens with one attached hydrogen (secondary N) is 1. The summed E-state index contributed by atoms with van der Waals surface area (Å²) in [7, 11) is 0. The van der Waals surface area contributed by atoms with Crippen molar-refractivity contribution in [2.45, 2.75) is 262 Å². The molecule has 0 aliphatic carbocycles. The zero-order chi connectivity index (χ0) is 40.2. The van der Waals surface area contributed by atoms with Gasteiger partial charge in [-0.1, -0.05) is 187 Å². The van der Waals surface area contributed by atoms with Crippen LogP contribution in [0, 0.1) is 0 Å². The quantitative estimate of drug-likeness (QED) is 0.0267. The van der Waals surface area contributed by atoms with Crippen LogP contribution in [-0.4, -0.2) is 87.5 Å². The third-order valence-electron chi connectivity index (χ3n) is 11.4. The molecule has 0 aromatic rings. The van der Waals surface area contributed by atoms with Gasteiger partial charge in [-0.15, -0.1) is 0 Å². The van der Waals surface area contributed by atoms with Gasteiger partial charge in [-0.2, -0.15) is 0 Å². The van der Waals surface area contributed by atoms with Gasteiger partial charge in [0.2, 0.25) is 5.91 Å². The molecular weight excluding hydrogens is 695 g/mol. The zero-order valence-corrected chi connectivity index (χ0v) is 35.7. The Labute approximate surface area is 337 Å². The number of hydrogen-bond acceptors (Lipinski definition) is 8. The van der Waals surface area contributed by atoms with Crippen LogP contribution in [0.5, 0.6) is 0 Å². The van der Waals surface area contributed by atoms with E-state index in [1.165, 1.54) is 154 Å². The molecule has 1 rings (SSSR count). The Hall–Kier alpha value is -1.07. The first-order valence-electron chi connectivity index (χ1n) is 23.4. The molecule has 326 valence electrons. The molecule has 1 heterocycles. The van der Waals surface area contributed by atoms with Crippen LogP contribution in [0.3, 0.4) is 0 Å². The van der Waals surface area contributed by atoms with E-state index in [1.807, 2.05) is 0 Å². The molecule has 0 bridgehead atoms. The molecule has 1 aliphatic rings. The summed E-state index contributed by atoms with van der Waals surface area (Å²) >= 11 is 0. The monoisotopic (exact) mass is 784 g/mol. The first kappa shape index (κ1) is 51.9. The van der Waals surface area contributed by atoms with Crippen LogP contribution in [0.15, 0.2) is 12.2 Å². The molecule has 7 atom stereocenters. The van der Waals surface area contributed by atoms with Gasteiger partial charge in [-0.3, -0.25) is 4.79 Å². The number of hydrogen-bond donors (Lipinski definition) is 6. The second-order valence-electron chi connectivity index (χ2n) is 16.6. The Morgan fingerprint density at radius 2 is 1.02 bits per heavy atom. The van der Waals surface area contributed by atoms with Crippen molar-refractivity contribution in [1.82, 2.24) is 5.32 Å². The largest absolute Gasteiger partial charge is 0.394 e. The van der Waals surface area contributed by atoms with Gasteiger partial charge in [0, 0.05) is 6.42 Å². The van der Waals surface area contributed by atoms with Crippen LogP contribution in [0.4, 0.5) is 0 Å². The molecule has 1 aliphatic heterocycles. The van der Waals surface area contributed by atoms with E-state index in [1.54, 1.807) is 0 Å². The maximum absolute atomic E-state index is 13.0. The van der Waals surface area contributed by atoms with Crippen LogP contribution in [0.2, 0.25) is 0 Å². The van der Waals surface area contributed by atoms with Crippen LogP contribution >= 0.6 is 0 Å². The summed E-state index contributed by atoms with van der Waals surface area (Å²) < 4.78 is 11.3. The van der Waals surface area contributed by atoms with Crippen LogP contribution in [-0.2, 0) is 14.3 Å². The number of amides is 1. The van der Waals surface area contributed by atoms with Crippen molar-refractivity contribution < 1.29 is 39.8 Å². The van der Waals surface area contributed by atoms with E-state index in [0.717, 1.165) is 38.5 Å². The van der Waals surface area contributed by atoms with Gasteiger partial charge in [-0.25, -0.2) is 0 Å². The Kier molecular flexibility index (Phi) is 35.2. The van der Waals surface area contributed by atoms with E-state index in [2.05, 4.69) is 31.3 Å². The van der Waals surface area contributed by atoms with Crippen LogP contribution in [0.25, 0.3) is 0 Å². The SMILES string of the molecule is CCCCCC/C=C\CCCCCCCCCC(=O)NC(COC1OC(CO)C(O)C(O)C1O)C(O)CCCCCCCCCCCCCCCCCCC. The minimum absolute atomic E-state index is 0.136. The number of allylic oxidation sites excluding steroid dienone is 2. The molecule has 0 aromatic carbocycles. The van der Waals surface area contributed by atoms with Crippen LogP contribution < -0.4 is 5.32 Å². The topological polar surface area (TPSA) is 149 Å². The highest BCUT2D eigenvalue weighted by Gasteiger charge is 2.44. The van der Waals surface area contributed by atoms with Gasteiger partial charge in [0.1, 0.15) is 24.4 Å². The second kappa shape index (κ2) is 37.2. The van der Waals surface area contributed by atoms with E-state index >= 15 is 0 Å². The van der Waals surface area contributed by atoms with E-state index in [-0.39, 0.29) is 12.5 Å². The molecule has 55 heavy (non-hydrogen) atoms. The van der Waals surface area contributed by atoms with Gasteiger partial charge in [0.05, 0.1) is 25.4 Å². The number of aliphatic hydroxyl groups is 5. The number of unbranched alkanes of at least 4 members (excludes halogenated alkanes) is 27. The fraction of sp³-hybridized carbons (Fsp3) is 0.935. The molecule has 9 nitrogen and oxygen atoms in total. The second-order valence-corrected chi connectivity index (χ2v) is 16.6. The smallest absolute Gasteiger partial charge is 0.220 e. The lowest BCUT2D eigenvalue weighted by atomic mass is 9.99. The minimum atomic E-state index is -1.55. The summed E-state index contributed by atoms with van der Waals surface area (Å²) in [6.45, 7) is 3.83. The first-order chi connectivity index (χ1) is 26.8. The first-order valence-corrected chi connectivity index (χ1v) is 23.4. The van der Waals surface area contributed by atoms with Gasteiger partial charge < -0.3 is 40.3 Å². The van der Waals surface area contributed by atoms with Crippen molar-refractivity contribution in [2.75, 3.05) is 13.2 Å². The average molecular weight is 784 g/mol. The summed E-state index contributed by atoms with van der Waals surface area (Å²) in [5, 5.41) is 54.4. The third-order valence-corrected chi connectivity index (χ3v) is 11.4. The molecule has 0 saturated carbocycles. The highest BCUT2D eigenvalue weighted by molar-refractivity contribution is 5.76. The third kappa shape index (κ3) is 28.1. The van der Waals surface area contributed by atoms with E-state index in [4.69, 9.17) is 9.47 Å². The van der Waals surface area contributed by atoms with Crippen molar-refractivity contribution in [2.24, 2.45) is 0 Å². The normalized spacial score (nSPS) is 21.3. The number of carbonyl (C=O) groups excluding carboxylic acids is 1.